The van der Waals surface area contributed by atoms with E-state index < -0.39 is 6.10 Å². The number of rotatable bonds is 53. The van der Waals surface area contributed by atoms with Crippen LogP contribution in [0.15, 0.2) is 36.5 Å². The zero-order valence-corrected chi connectivity index (χ0v) is 44.2. The van der Waals surface area contributed by atoms with Gasteiger partial charge >= 0.3 is 17.9 Å². The van der Waals surface area contributed by atoms with Gasteiger partial charge in [0.05, 0.1) is 0 Å². The summed E-state index contributed by atoms with van der Waals surface area (Å²) >= 11 is 0. The van der Waals surface area contributed by atoms with Gasteiger partial charge in [0.1, 0.15) is 13.2 Å². The number of hydrogen-bond donors (Lipinski definition) is 0. The summed E-state index contributed by atoms with van der Waals surface area (Å²) in [5, 5.41) is 0. The Balaban J connectivity index is 4.36. The molecule has 1 unspecified atom stereocenters. The van der Waals surface area contributed by atoms with Crippen LogP contribution < -0.4 is 0 Å². The highest BCUT2D eigenvalue weighted by Gasteiger charge is 2.19. The molecular weight excluding hydrogens is 817 g/mol. The van der Waals surface area contributed by atoms with Crippen molar-refractivity contribution in [2.24, 2.45) is 0 Å². The fourth-order valence-corrected chi connectivity index (χ4v) is 8.47. The lowest BCUT2D eigenvalue weighted by molar-refractivity contribution is -0.167. The second-order valence-electron chi connectivity index (χ2n) is 19.6. The van der Waals surface area contributed by atoms with E-state index in [2.05, 4.69) is 57.2 Å². The quantitative estimate of drug-likeness (QED) is 0.0262. The largest absolute Gasteiger partial charge is 0.462 e. The second kappa shape index (κ2) is 55.2. The lowest BCUT2D eigenvalue weighted by Crippen LogP contribution is -2.30. The number of esters is 3. The molecule has 0 spiro atoms. The van der Waals surface area contributed by atoms with Gasteiger partial charge in [-0.05, 0) is 77.0 Å². The van der Waals surface area contributed by atoms with Gasteiger partial charge in [0.2, 0.25) is 0 Å². The molecule has 1 atom stereocenters. The lowest BCUT2D eigenvalue weighted by atomic mass is 10.0. The number of ether oxygens (including phenoxy) is 3. The summed E-state index contributed by atoms with van der Waals surface area (Å²) in [5.41, 5.74) is 0. The first kappa shape index (κ1) is 63.6. The van der Waals surface area contributed by atoms with Gasteiger partial charge in [-0.15, -0.1) is 0 Å². The molecular formula is C60H110O6. The molecule has 0 aromatic heterocycles. The first-order valence-corrected chi connectivity index (χ1v) is 29.0. The topological polar surface area (TPSA) is 78.9 Å². The fourth-order valence-electron chi connectivity index (χ4n) is 8.47. The Labute approximate surface area is 410 Å². The second-order valence-corrected chi connectivity index (χ2v) is 19.6. The van der Waals surface area contributed by atoms with Gasteiger partial charge < -0.3 is 14.2 Å². The van der Waals surface area contributed by atoms with Gasteiger partial charge in [0.15, 0.2) is 6.10 Å². The lowest BCUT2D eigenvalue weighted by Gasteiger charge is -2.18. The first-order valence-electron chi connectivity index (χ1n) is 29.0. The molecule has 0 radical (unpaired) electrons. The van der Waals surface area contributed by atoms with Crippen LogP contribution in [0.3, 0.4) is 0 Å². The molecule has 0 amide bonds. The molecule has 386 valence electrons. The van der Waals surface area contributed by atoms with E-state index in [0.29, 0.717) is 19.3 Å². The minimum Gasteiger partial charge on any atom is -0.462 e. The minimum atomic E-state index is -0.775. The smallest absolute Gasteiger partial charge is 0.306 e. The van der Waals surface area contributed by atoms with Crippen LogP contribution in [0.2, 0.25) is 0 Å². The van der Waals surface area contributed by atoms with E-state index in [-0.39, 0.29) is 31.1 Å². The number of carbonyl (C=O) groups is 3. The van der Waals surface area contributed by atoms with Crippen LogP contribution in [0.1, 0.15) is 310 Å². The van der Waals surface area contributed by atoms with E-state index in [1.54, 1.807) is 0 Å². The Morgan fingerprint density at radius 3 is 0.864 bits per heavy atom. The summed E-state index contributed by atoms with van der Waals surface area (Å²) in [4.78, 5) is 38.1. The van der Waals surface area contributed by atoms with Crippen LogP contribution in [0.25, 0.3) is 0 Å². The maximum Gasteiger partial charge on any atom is 0.306 e. The molecule has 0 heterocycles. The Morgan fingerprint density at radius 2 is 0.545 bits per heavy atom. The minimum absolute atomic E-state index is 0.0755. The van der Waals surface area contributed by atoms with Gasteiger partial charge in [0.25, 0.3) is 0 Å². The molecule has 6 nitrogen and oxygen atoms in total. The third-order valence-corrected chi connectivity index (χ3v) is 12.9. The van der Waals surface area contributed by atoms with Gasteiger partial charge in [0, 0.05) is 19.3 Å². The zero-order valence-electron chi connectivity index (χ0n) is 44.2. The Bertz CT molecular complexity index is 1110. The van der Waals surface area contributed by atoms with Crippen molar-refractivity contribution in [3.05, 3.63) is 36.5 Å². The predicted octanol–water partition coefficient (Wildman–Crippen LogP) is 19.3. The molecule has 0 aromatic carbocycles. The Morgan fingerprint density at radius 1 is 0.303 bits per heavy atom. The maximum absolute atomic E-state index is 12.9. The summed E-state index contributed by atoms with van der Waals surface area (Å²) in [7, 11) is 0. The number of carbonyl (C=O) groups excluding carboxylic acids is 3. The average Bonchev–Trinajstić information content (AvgIpc) is 3.31. The van der Waals surface area contributed by atoms with E-state index in [1.807, 2.05) is 0 Å². The first-order chi connectivity index (χ1) is 32.5. The number of allylic oxidation sites excluding steroid dienone is 6. The maximum atomic E-state index is 12.9. The van der Waals surface area contributed by atoms with Crippen LogP contribution in [0, 0.1) is 0 Å². The third kappa shape index (κ3) is 52.6. The van der Waals surface area contributed by atoms with Crippen molar-refractivity contribution in [2.75, 3.05) is 13.2 Å². The summed E-state index contributed by atoms with van der Waals surface area (Å²) in [6.45, 7) is 6.64. The average molecular weight is 928 g/mol. The van der Waals surface area contributed by atoms with Gasteiger partial charge in [-0.25, -0.2) is 0 Å². The van der Waals surface area contributed by atoms with Crippen molar-refractivity contribution in [2.45, 2.75) is 316 Å². The van der Waals surface area contributed by atoms with E-state index in [9.17, 15) is 14.4 Å². The molecule has 0 aromatic rings. The third-order valence-electron chi connectivity index (χ3n) is 12.9. The molecule has 0 aliphatic heterocycles. The van der Waals surface area contributed by atoms with Crippen LogP contribution in [-0.2, 0) is 28.6 Å². The van der Waals surface area contributed by atoms with Crippen molar-refractivity contribution >= 4 is 17.9 Å². The van der Waals surface area contributed by atoms with Crippen molar-refractivity contribution in [3.8, 4) is 0 Å². The van der Waals surface area contributed by atoms with E-state index in [0.717, 1.165) is 77.0 Å². The summed E-state index contributed by atoms with van der Waals surface area (Å²) in [6, 6.07) is 0. The van der Waals surface area contributed by atoms with Crippen LogP contribution in [0.5, 0.6) is 0 Å². The molecule has 0 bridgehead atoms. The van der Waals surface area contributed by atoms with E-state index >= 15 is 0 Å². The highest BCUT2D eigenvalue weighted by Crippen LogP contribution is 2.16. The molecule has 0 N–H and O–H groups in total. The van der Waals surface area contributed by atoms with Crippen molar-refractivity contribution < 1.29 is 28.6 Å². The monoisotopic (exact) mass is 927 g/mol. The zero-order chi connectivity index (χ0) is 47.9. The van der Waals surface area contributed by atoms with Crippen LogP contribution >= 0.6 is 0 Å². The van der Waals surface area contributed by atoms with Crippen LogP contribution in [0.4, 0.5) is 0 Å². The van der Waals surface area contributed by atoms with Crippen molar-refractivity contribution in [1.82, 2.24) is 0 Å². The van der Waals surface area contributed by atoms with Gasteiger partial charge in [-0.1, -0.05) is 250 Å². The molecule has 0 rings (SSSR count). The van der Waals surface area contributed by atoms with Crippen molar-refractivity contribution in [3.63, 3.8) is 0 Å². The molecule has 0 saturated carbocycles. The normalized spacial score (nSPS) is 12.2. The molecule has 0 saturated heterocycles. The standard InChI is InChI=1S/C60H110O6/c1-4-7-10-13-16-19-22-25-28-30-31-33-35-38-41-44-47-50-53-59(62)65-56-57(55-64-58(61)52-49-46-43-40-37-34-27-24-21-18-15-12-9-6-3)66-60(63)54-51-48-45-42-39-36-32-29-26-23-20-17-14-11-8-5-2/h19,22,24,27-28,30,57H,4-18,20-21,23,25-26,29,31-56H2,1-3H3/b22-19-,27-24-,30-28-. The molecule has 6 heteroatoms. The Kier molecular flexibility index (Phi) is 53.2. The molecule has 0 aliphatic carbocycles. The van der Waals surface area contributed by atoms with Crippen molar-refractivity contribution in [1.29, 1.82) is 0 Å². The number of unbranched alkanes of at least 4 members (excludes halogenated alkanes) is 36. The van der Waals surface area contributed by atoms with Gasteiger partial charge in [-0.3, -0.25) is 14.4 Å². The predicted molar refractivity (Wildman–Crippen MR) is 284 cm³/mol. The molecule has 66 heavy (non-hydrogen) atoms. The highest BCUT2D eigenvalue weighted by molar-refractivity contribution is 5.71. The molecule has 0 aliphatic rings. The summed E-state index contributed by atoms with van der Waals surface area (Å²) in [6.07, 6.45) is 65.6. The summed E-state index contributed by atoms with van der Waals surface area (Å²) in [5.74, 6) is -0.873. The van der Waals surface area contributed by atoms with E-state index in [4.69, 9.17) is 14.2 Å². The summed E-state index contributed by atoms with van der Waals surface area (Å²) < 4.78 is 16.9. The van der Waals surface area contributed by atoms with Gasteiger partial charge in [-0.2, -0.15) is 0 Å². The molecule has 0 fully saturated rings. The Hall–Kier alpha value is -2.37. The number of hydrogen-bond acceptors (Lipinski definition) is 6. The van der Waals surface area contributed by atoms with Crippen LogP contribution in [-0.4, -0.2) is 37.2 Å². The highest BCUT2D eigenvalue weighted by atomic mass is 16.6. The SMILES string of the molecule is CCCCCC/C=C\C/C=C\CCCCCCCCCC(=O)OCC(COC(=O)CCCCCCC/C=C\CCCCCCC)OC(=O)CCCCCCCCCCCCCCCCCC. The fraction of sp³-hybridized carbons (Fsp3) is 0.850. The van der Waals surface area contributed by atoms with E-state index in [1.165, 1.54) is 193 Å².